The van der Waals surface area contributed by atoms with Crippen LogP contribution >= 0.6 is 22.9 Å². The maximum Gasteiger partial charge on any atom is 0.338 e. The molecule has 0 aliphatic carbocycles. The zero-order chi connectivity index (χ0) is 29.4. The average Bonchev–Trinajstić information content (AvgIpc) is 3.59. The number of methoxy groups -OCH3 is 2. The summed E-state index contributed by atoms with van der Waals surface area (Å²) in [6.07, 6.45) is 1.69. The molecule has 214 valence electrons. The first-order chi connectivity index (χ1) is 20.4. The van der Waals surface area contributed by atoms with Crippen LogP contribution in [0.25, 0.3) is 11.8 Å². The third-order valence-electron chi connectivity index (χ3n) is 6.88. The number of fused-ring (bicyclic) bond motifs is 2. The van der Waals surface area contributed by atoms with Gasteiger partial charge in [0, 0.05) is 11.6 Å². The van der Waals surface area contributed by atoms with E-state index in [9.17, 15) is 9.59 Å². The molecule has 1 unspecified atom stereocenters. The Morgan fingerprint density at radius 1 is 1.07 bits per heavy atom. The molecule has 0 fully saturated rings. The van der Waals surface area contributed by atoms with E-state index >= 15 is 0 Å². The number of rotatable bonds is 7. The van der Waals surface area contributed by atoms with E-state index < -0.39 is 12.0 Å². The van der Waals surface area contributed by atoms with Gasteiger partial charge in [0.25, 0.3) is 5.56 Å². The third-order valence-corrected chi connectivity index (χ3v) is 8.19. The van der Waals surface area contributed by atoms with Gasteiger partial charge in [-0.25, -0.2) is 9.79 Å². The Labute approximate surface area is 249 Å². The second kappa shape index (κ2) is 11.4. The summed E-state index contributed by atoms with van der Waals surface area (Å²) in [5, 5.41) is 0.402. The van der Waals surface area contributed by atoms with Gasteiger partial charge in [-0.15, -0.1) is 0 Å². The van der Waals surface area contributed by atoms with E-state index in [1.54, 1.807) is 50.4 Å². The number of hydrogen-bond acceptors (Lipinski definition) is 9. The van der Waals surface area contributed by atoms with Crippen LogP contribution in [0.4, 0.5) is 0 Å². The monoisotopic (exact) mass is 604 g/mol. The first-order valence-electron chi connectivity index (χ1n) is 13.0. The largest absolute Gasteiger partial charge is 0.493 e. The van der Waals surface area contributed by atoms with Crippen LogP contribution < -0.4 is 33.8 Å². The van der Waals surface area contributed by atoms with E-state index in [1.807, 2.05) is 30.3 Å². The Morgan fingerprint density at radius 2 is 1.81 bits per heavy atom. The number of halogens is 1. The minimum Gasteiger partial charge on any atom is -0.493 e. The molecule has 6 rings (SSSR count). The number of carbonyl (C=O) groups is 1. The van der Waals surface area contributed by atoms with E-state index in [0.29, 0.717) is 59.7 Å². The Hall–Kier alpha value is -4.54. The lowest BCUT2D eigenvalue weighted by Crippen LogP contribution is -2.40. The van der Waals surface area contributed by atoms with Gasteiger partial charge in [0.05, 0.1) is 47.7 Å². The number of thiazole rings is 1. The van der Waals surface area contributed by atoms with Gasteiger partial charge in [-0.3, -0.25) is 9.36 Å². The highest BCUT2D eigenvalue weighted by Gasteiger charge is 2.35. The van der Waals surface area contributed by atoms with Crippen LogP contribution in [0, 0.1) is 0 Å². The van der Waals surface area contributed by atoms with Crippen LogP contribution in [0.15, 0.2) is 76.0 Å². The molecule has 1 aromatic heterocycles. The fourth-order valence-corrected chi connectivity index (χ4v) is 6.16. The van der Waals surface area contributed by atoms with Crippen molar-refractivity contribution in [1.82, 2.24) is 4.57 Å². The molecule has 0 N–H and O–H groups in total. The zero-order valence-electron chi connectivity index (χ0n) is 22.9. The van der Waals surface area contributed by atoms with Gasteiger partial charge in [0.1, 0.15) is 0 Å². The predicted octanol–water partition coefficient (Wildman–Crippen LogP) is 4.33. The first kappa shape index (κ1) is 27.6. The minimum atomic E-state index is -0.871. The normalized spacial score (nSPS) is 15.7. The van der Waals surface area contributed by atoms with Crippen molar-refractivity contribution in [2.24, 2.45) is 4.99 Å². The summed E-state index contributed by atoms with van der Waals surface area (Å²) in [5.41, 5.74) is 2.22. The average molecular weight is 605 g/mol. The van der Waals surface area contributed by atoms with Crippen molar-refractivity contribution in [1.29, 1.82) is 0 Å². The summed E-state index contributed by atoms with van der Waals surface area (Å²) in [6.45, 7) is 1.98. The highest BCUT2D eigenvalue weighted by molar-refractivity contribution is 7.07. The van der Waals surface area contributed by atoms with Gasteiger partial charge in [-0.2, -0.15) is 0 Å². The first-order valence-corrected chi connectivity index (χ1v) is 14.2. The molecule has 42 heavy (non-hydrogen) atoms. The summed E-state index contributed by atoms with van der Waals surface area (Å²) in [4.78, 5) is 33.1. The molecule has 0 saturated heterocycles. The summed E-state index contributed by atoms with van der Waals surface area (Å²) in [5.74, 6) is 1.46. The molecule has 1 atom stereocenters. The lowest BCUT2D eigenvalue weighted by Gasteiger charge is -2.26. The van der Waals surface area contributed by atoms with Crippen LogP contribution in [0.3, 0.4) is 0 Å². The Morgan fingerprint density at radius 3 is 2.52 bits per heavy atom. The van der Waals surface area contributed by atoms with Crippen molar-refractivity contribution < 1.29 is 28.5 Å². The van der Waals surface area contributed by atoms with Crippen molar-refractivity contribution in [3.8, 4) is 23.0 Å². The molecule has 4 aromatic rings. The van der Waals surface area contributed by atoms with Crippen LogP contribution in [-0.2, 0) is 9.53 Å². The Balaban J connectivity index is 1.64. The molecule has 3 aromatic carbocycles. The molecule has 2 aliphatic heterocycles. The quantitative estimate of drug-likeness (QED) is 0.290. The molecule has 0 amide bonds. The van der Waals surface area contributed by atoms with Crippen molar-refractivity contribution in [2.75, 3.05) is 27.6 Å². The lowest BCUT2D eigenvalue weighted by atomic mass is 9.93. The summed E-state index contributed by atoms with van der Waals surface area (Å²) in [6, 6.07) is 17.1. The predicted molar refractivity (Wildman–Crippen MR) is 158 cm³/mol. The fourth-order valence-electron chi connectivity index (χ4n) is 4.96. The molecule has 0 saturated carbocycles. The minimum absolute atomic E-state index is 0.0987. The number of hydrogen-bond donors (Lipinski definition) is 0. The second-order valence-electron chi connectivity index (χ2n) is 9.27. The Bertz CT molecular complexity index is 1910. The molecule has 0 bridgehead atoms. The fraction of sp³-hybridized carbons (Fsp3) is 0.194. The number of esters is 1. The summed E-state index contributed by atoms with van der Waals surface area (Å²) < 4.78 is 29.3. The number of benzene rings is 3. The lowest BCUT2D eigenvalue weighted by molar-refractivity contribution is -0.138. The molecule has 0 spiro atoms. The second-order valence-corrected chi connectivity index (χ2v) is 10.7. The molecule has 9 nitrogen and oxygen atoms in total. The molecule has 0 radical (unpaired) electrons. The van der Waals surface area contributed by atoms with Crippen molar-refractivity contribution in [3.05, 3.63) is 108 Å². The maximum absolute atomic E-state index is 14.1. The smallest absolute Gasteiger partial charge is 0.338 e. The molecule has 3 heterocycles. The van der Waals surface area contributed by atoms with Crippen LogP contribution in [0.2, 0.25) is 5.02 Å². The summed E-state index contributed by atoms with van der Waals surface area (Å²) >= 11 is 7.73. The van der Waals surface area contributed by atoms with Crippen molar-refractivity contribution >= 4 is 40.7 Å². The number of aromatic nitrogens is 1. The maximum atomic E-state index is 14.1. The third kappa shape index (κ3) is 4.82. The molecule has 11 heteroatoms. The molecular weight excluding hydrogens is 580 g/mol. The van der Waals surface area contributed by atoms with E-state index in [0.717, 1.165) is 0 Å². The Kier molecular flexibility index (Phi) is 7.49. The zero-order valence-corrected chi connectivity index (χ0v) is 24.5. The van der Waals surface area contributed by atoms with Crippen LogP contribution in [0.1, 0.15) is 29.7 Å². The van der Waals surface area contributed by atoms with Crippen molar-refractivity contribution in [2.45, 2.75) is 13.0 Å². The van der Waals surface area contributed by atoms with Crippen molar-refractivity contribution in [3.63, 3.8) is 0 Å². The van der Waals surface area contributed by atoms with Gasteiger partial charge < -0.3 is 23.7 Å². The SMILES string of the molecule is CCOC(=O)C1=C(c2ccccc2)N=c2s/c(=C/c3cc4c(cc3Cl)OCO4)c(=O)n2C1c1ccc(OC)c(OC)c1. The van der Waals surface area contributed by atoms with Gasteiger partial charge in [-0.05, 0) is 42.3 Å². The van der Waals surface area contributed by atoms with E-state index in [1.165, 1.54) is 23.0 Å². The van der Waals surface area contributed by atoms with Crippen LogP contribution in [-0.4, -0.2) is 38.2 Å². The molecule has 2 aliphatic rings. The molecular formula is C31H25ClN2O7S. The van der Waals surface area contributed by atoms with Gasteiger partial charge in [0.15, 0.2) is 27.8 Å². The van der Waals surface area contributed by atoms with E-state index in [-0.39, 0.29) is 24.5 Å². The standard InChI is InChI=1S/C31H25ClN2O7S/c1-4-39-30(36)26-27(17-8-6-5-7-9-17)33-31-34(28(26)18-10-11-21(37-2)22(12-18)38-3)29(35)25(42-31)14-19-13-23-24(15-20(19)32)41-16-40-23/h5-15,28H,4,16H2,1-3H3/b25-14+. The van der Waals surface area contributed by atoms with E-state index in [2.05, 4.69) is 0 Å². The topological polar surface area (TPSA) is 97.6 Å². The highest BCUT2D eigenvalue weighted by atomic mass is 35.5. The van der Waals surface area contributed by atoms with Gasteiger partial charge >= 0.3 is 5.97 Å². The number of ether oxygens (including phenoxy) is 5. The van der Waals surface area contributed by atoms with E-state index in [4.69, 9.17) is 40.3 Å². The summed E-state index contributed by atoms with van der Waals surface area (Å²) in [7, 11) is 3.07. The van der Waals surface area contributed by atoms with Crippen LogP contribution in [0.5, 0.6) is 23.0 Å². The van der Waals surface area contributed by atoms with Gasteiger partial charge in [0.2, 0.25) is 6.79 Å². The van der Waals surface area contributed by atoms with Gasteiger partial charge in [-0.1, -0.05) is 59.3 Å². The highest BCUT2D eigenvalue weighted by Crippen LogP contribution is 2.39. The number of carbonyl (C=O) groups excluding carboxylic acids is 1. The number of nitrogens with zero attached hydrogens (tertiary/aromatic N) is 2.